The monoisotopic (exact) mass is 394 g/mol. The van der Waals surface area contributed by atoms with Crippen LogP contribution in [0, 0.1) is 10.8 Å². The highest BCUT2D eigenvalue weighted by atomic mass is 16.3. The normalized spacial score (nSPS) is 26.3. The second-order valence-electron chi connectivity index (χ2n) is 8.64. The molecule has 3 saturated heterocycles. The van der Waals surface area contributed by atoms with Gasteiger partial charge < -0.3 is 14.6 Å². The van der Waals surface area contributed by atoms with Crippen molar-refractivity contribution in [3.05, 3.63) is 54.2 Å². The number of likely N-dealkylation sites (tertiary alicyclic amines) is 2. The largest absolute Gasteiger partial charge is 0.459 e. The molecule has 2 aromatic heterocycles. The molecule has 0 aromatic carbocycles. The van der Waals surface area contributed by atoms with Crippen LogP contribution in [0.25, 0.3) is 0 Å². The van der Waals surface area contributed by atoms with Crippen LogP contribution < -0.4 is 5.32 Å². The third-order valence-electron chi connectivity index (χ3n) is 7.18. The molecule has 3 aliphatic rings. The van der Waals surface area contributed by atoms with Crippen LogP contribution in [0.2, 0.25) is 0 Å². The van der Waals surface area contributed by atoms with E-state index in [2.05, 4.69) is 21.3 Å². The predicted octanol–water partition coefficient (Wildman–Crippen LogP) is 1.92. The van der Waals surface area contributed by atoms with Gasteiger partial charge in [0, 0.05) is 57.1 Å². The fourth-order valence-corrected chi connectivity index (χ4v) is 5.71. The smallest absolute Gasteiger partial charge is 0.289 e. The van der Waals surface area contributed by atoms with Gasteiger partial charge in [0.1, 0.15) is 0 Å². The Morgan fingerprint density at radius 1 is 1.17 bits per heavy atom. The molecule has 0 saturated carbocycles. The number of hydrogen-bond donors (Lipinski definition) is 1. The van der Waals surface area contributed by atoms with E-state index in [9.17, 15) is 9.59 Å². The molecule has 7 heteroatoms. The van der Waals surface area contributed by atoms with Crippen molar-refractivity contribution in [1.29, 1.82) is 0 Å². The highest BCUT2D eigenvalue weighted by Crippen LogP contribution is 2.56. The Morgan fingerprint density at radius 3 is 2.69 bits per heavy atom. The topological polar surface area (TPSA) is 78.7 Å². The Labute approximate surface area is 170 Å². The third-order valence-corrected chi connectivity index (χ3v) is 7.18. The van der Waals surface area contributed by atoms with Crippen molar-refractivity contribution < 1.29 is 14.0 Å². The lowest BCUT2D eigenvalue weighted by atomic mass is 9.60. The molecule has 2 aromatic rings. The molecule has 1 N–H and O–H groups in total. The molecule has 5 rings (SSSR count). The molecular formula is C22H26N4O3. The lowest BCUT2D eigenvalue weighted by Crippen LogP contribution is -2.53. The molecule has 0 unspecified atom stereocenters. The van der Waals surface area contributed by atoms with Crippen LogP contribution in [-0.2, 0) is 11.3 Å². The number of nitrogens with zero attached hydrogens (tertiary/aromatic N) is 3. The van der Waals surface area contributed by atoms with Gasteiger partial charge in [-0.25, -0.2) is 0 Å². The summed E-state index contributed by atoms with van der Waals surface area (Å²) in [4.78, 5) is 34.2. The number of hydrogen-bond acceptors (Lipinski definition) is 5. The summed E-state index contributed by atoms with van der Waals surface area (Å²) in [7, 11) is 0. The molecule has 3 fully saturated rings. The van der Waals surface area contributed by atoms with Crippen LogP contribution >= 0.6 is 0 Å². The molecule has 7 nitrogen and oxygen atoms in total. The van der Waals surface area contributed by atoms with Crippen LogP contribution in [0.15, 0.2) is 47.3 Å². The molecule has 0 bridgehead atoms. The maximum absolute atomic E-state index is 13.0. The Balaban J connectivity index is 1.36. The van der Waals surface area contributed by atoms with Crippen LogP contribution in [0.1, 0.15) is 35.4 Å². The van der Waals surface area contributed by atoms with E-state index < -0.39 is 0 Å². The molecule has 2 amide bonds. The zero-order chi connectivity index (χ0) is 19.9. The molecular weight excluding hydrogens is 368 g/mol. The van der Waals surface area contributed by atoms with E-state index in [-0.39, 0.29) is 22.6 Å². The summed E-state index contributed by atoms with van der Waals surface area (Å²) in [6.45, 7) is 4.54. The predicted molar refractivity (Wildman–Crippen MR) is 106 cm³/mol. The molecule has 29 heavy (non-hydrogen) atoms. The van der Waals surface area contributed by atoms with Gasteiger partial charge in [0.2, 0.25) is 5.91 Å². The lowest BCUT2D eigenvalue weighted by Gasteiger charge is -2.46. The summed E-state index contributed by atoms with van der Waals surface area (Å²) in [6, 6.07) is 7.50. The van der Waals surface area contributed by atoms with Crippen molar-refractivity contribution in [1.82, 2.24) is 20.1 Å². The van der Waals surface area contributed by atoms with E-state index in [0.29, 0.717) is 18.8 Å². The zero-order valence-electron chi connectivity index (χ0n) is 16.5. The van der Waals surface area contributed by atoms with Crippen molar-refractivity contribution >= 4 is 11.8 Å². The minimum atomic E-state index is -0.352. The first kappa shape index (κ1) is 18.4. The Bertz CT molecular complexity index is 890. The summed E-state index contributed by atoms with van der Waals surface area (Å²) in [6.07, 6.45) is 7.78. The molecule has 0 aliphatic carbocycles. The van der Waals surface area contributed by atoms with Gasteiger partial charge in [-0.1, -0.05) is 6.07 Å². The first-order chi connectivity index (χ1) is 14.1. The maximum Gasteiger partial charge on any atom is 0.289 e. The van der Waals surface area contributed by atoms with Crippen LogP contribution in [0.4, 0.5) is 0 Å². The molecule has 3 aliphatic heterocycles. The summed E-state index contributed by atoms with van der Waals surface area (Å²) < 4.78 is 5.29. The number of carbonyl (C=O) groups excluding carboxylic acids is 2. The Morgan fingerprint density at radius 2 is 2.03 bits per heavy atom. The number of carbonyl (C=O) groups is 2. The number of rotatable bonds is 3. The van der Waals surface area contributed by atoms with Crippen molar-refractivity contribution in [2.75, 3.05) is 32.7 Å². The van der Waals surface area contributed by atoms with Crippen molar-refractivity contribution in [2.45, 2.75) is 25.8 Å². The minimum absolute atomic E-state index is 0.0556. The SMILES string of the molecule is O=C(c1ccco1)N1CCC2(CC1)CN(Cc1cccnc1)C[C@@]21CCNC1=O. The summed E-state index contributed by atoms with van der Waals surface area (Å²) >= 11 is 0. The Hall–Kier alpha value is -2.67. The summed E-state index contributed by atoms with van der Waals surface area (Å²) in [5.41, 5.74) is 0.730. The van der Waals surface area contributed by atoms with E-state index in [1.165, 1.54) is 11.8 Å². The number of pyridine rings is 1. The Kier molecular flexibility index (Phi) is 4.42. The van der Waals surface area contributed by atoms with Gasteiger partial charge >= 0.3 is 0 Å². The molecule has 0 radical (unpaired) electrons. The van der Waals surface area contributed by atoms with Gasteiger partial charge in [-0.2, -0.15) is 0 Å². The van der Waals surface area contributed by atoms with Gasteiger partial charge in [-0.05, 0) is 43.0 Å². The van der Waals surface area contributed by atoms with Gasteiger partial charge in [0.25, 0.3) is 5.91 Å². The number of aromatic nitrogens is 1. The minimum Gasteiger partial charge on any atom is -0.459 e. The van der Waals surface area contributed by atoms with Crippen LogP contribution in [0.5, 0.6) is 0 Å². The van der Waals surface area contributed by atoms with Gasteiger partial charge in [0.15, 0.2) is 5.76 Å². The second-order valence-corrected chi connectivity index (χ2v) is 8.64. The van der Waals surface area contributed by atoms with E-state index >= 15 is 0 Å². The summed E-state index contributed by atoms with van der Waals surface area (Å²) in [5, 5.41) is 3.09. The molecule has 2 spiro atoms. The molecule has 152 valence electrons. The third kappa shape index (κ3) is 2.95. The van der Waals surface area contributed by atoms with Crippen molar-refractivity contribution in [2.24, 2.45) is 10.8 Å². The maximum atomic E-state index is 13.0. The van der Waals surface area contributed by atoms with Crippen LogP contribution in [-0.4, -0.2) is 59.3 Å². The van der Waals surface area contributed by atoms with Gasteiger partial charge in [-0.3, -0.25) is 19.5 Å². The van der Waals surface area contributed by atoms with Gasteiger partial charge in [-0.15, -0.1) is 0 Å². The van der Waals surface area contributed by atoms with Crippen LogP contribution in [0.3, 0.4) is 0 Å². The fraction of sp³-hybridized carbons (Fsp3) is 0.500. The molecule has 1 atom stereocenters. The quantitative estimate of drug-likeness (QED) is 0.861. The lowest BCUT2D eigenvalue weighted by molar-refractivity contribution is -0.133. The average Bonchev–Trinajstić information content (AvgIpc) is 3.45. The highest BCUT2D eigenvalue weighted by molar-refractivity contribution is 5.91. The number of nitrogens with one attached hydrogen (secondary N) is 1. The van der Waals surface area contributed by atoms with Crippen molar-refractivity contribution in [3.63, 3.8) is 0 Å². The number of amides is 2. The second kappa shape index (κ2) is 6.99. The number of fused-ring (bicyclic) bond motifs is 1. The number of furan rings is 1. The van der Waals surface area contributed by atoms with E-state index in [0.717, 1.165) is 45.4 Å². The first-order valence-electron chi connectivity index (χ1n) is 10.3. The van der Waals surface area contributed by atoms with Gasteiger partial charge in [0.05, 0.1) is 11.7 Å². The van der Waals surface area contributed by atoms with E-state index in [4.69, 9.17) is 4.42 Å². The summed E-state index contributed by atoms with van der Waals surface area (Å²) in [5.74, 6) is 0.524. The van der Waals surface area contributed by atoms with E-state index in [1.54, 1.807) is 18.3 Å². The number of piperidine rings is 1. The highest BCUT2D eigenvalue weighted by Gasteiger charge is 2.63. The molecule has 5 heterocycles. The average molecular weight is 394 g/mol. The van der Waals surface area contributed by atoms with Crippen molar-refractivity contribution in [3.8, 4) is 0 Å². The zero-order valence-corrected chi connectivity index (χ0v) is 16.5. The fourth-order valence-electron chi connectivity index (χ4n) is 5.71. The standard InChI is InChI=1S/C22H26N4O3/c27-19(18-4-2-12-29-18)26-10-6-21(7-11-26)15-25(14-17-3-1-8-23-13-17)16-22(21)5-9-24-20(22)28/h1-4,8,12-13H,5-7,9-11,14-16H2,(H,24,28)/t22-/m1/s1. The first-order valence-corrected chi connectivity index (χ1v) is 10.3. The van der Waals surface area contributed by atoms with E-state index in [1.807, 2.05) is 17.2 Å².